The van der Waals surface area contributed by atoms with E-state index in [0.717, 1.165) is 75.5 Å². The van der Waals surface area contributed by atoms with Crippen molar-refractivity contribution in [2.24, 2.45) is 17.8 Å². The maximum atomic E-state index is 12.8. The highest BCUT2D eigenvalue weighted by Gasteiger charge is 2.19. The van der Waals surface area contributed by atoms with E-state index in [1.807, 2.05) is 0 Å². The Morgan fingerprint density at radius 2 is 0.538 bits per heavy atom. The Kier molecular flexibility index (Phi) is 49.1. The third-order valence-electron chi connectivity index (χ3n) is 13.8. The van der Waals surface area contributed by atoms with Crippen molar-refractivity contribution in [3.8, 4) is 0 Å². The van der Waals surface area contributed by atoms with Gasteiger partial charge >= 0.3 is 17.9 Å². The highest BCUT2D eigenvalue weighted by atomic mass is 16.6. The molecule has 0 saturated heterocycles. The van der Waals surface area contributed by atoms with Crippen LogP contribution in [0.1, 0.15) is 324 Å². The number of unbranched alkanes of at least 4 members (excludes halogenated alkanes) is 34. The van der Waals surface area contributed by atoms with Gasteiger partial charge in [-0.15, -0.1) is 0 Å². The molecule has 6 heteroatoms. The van der Waals surface area contributed by atoms with Crippen molar-refractivity contribution >= 4 is 17.9 Å². The molecule has 0 saturated carbocycles. The predicted octanol–water partition coefficient (Wildman–Crippen LogP) is 19.1. The van der Waals surface area contributed by atoms with Crippen LogP contribution in [0.25, 0.3) is 0 Å². The first kappa shape index (κ1) is 63.4. The molecule has 0 radical (unpaired) electrons. The first-order valence-corrected chi connectivity index (χ1v) is 29.1. The zero-order valence-electron chi connectivity index (χ0n) is 44.8. The van der Waals surface area contributed by atoms with Crippen molar-refractivity contribution in [2.45, 2.75) is 330 Å². The summed E-state index contributed by atoms with van der Waals surface area (Å²) in [5, 5.41) is 0. The van der Waals surface area contributed by atoms with Crippen LogP contribution in [0.3, 0.4) is 0 Å². The predicted molar refractivity (Wildman–Crippen MR) is 279 cm³/mol. The van der Waals surface area contributed by atoms with E-state index in [4.69, 9.17) is 14.2 Å². The molecule has 6 nitrogen and oxygen atoms in total. The SMILES string of the molecule is CCC(C)CCCCCCCCCCCCCCCCC(=O)OC[C@H](COC(=O)CCCCCCCCCCCCCC(C)C)OC(=O)CCCCCCCCCCCCCCC(C)C. The lowest BCUT2D eigenvalue weighted by Gasteiger charge is -2.18. The molecule has 0 aromatic heterocycles. The topological polar surface area (TPSA) is 78.9 Å². The molecule has 1 unspecified atom stereocenters. The van der Waals surface area contributed by atoms with Crippen LogP contribution in [-0.4, -0.2) is 37.2 Å². The Bertz CT molecular complexity index is 1010. The van der Waals surface area contributed by atoms with E-state index in [-0.39, 0.29) is 31.1 Å². The third-order valence-corrected chi connectivity index (χ3v) is 13.8. The third kappa shape index (κ3) is 51.6. The average Bonchev–Trinajstić information content (AvgIpc) is 3.28. The molecular formula is C59H114O6. The standard InChI is InChI=1S/C59H114O6/c1-7-55(6)47-41-35-29-23-17-10-8-9-11-18-24-30-36-42-48-57(60)63-51-56(52-64-58(61)49-43-37-31-25-20-14-16-22-28-34-40-46-54(4)5)65-59(62)50-44-38-32-26-19-13-12-15-21-27-33-39-45-53(2)3/h53-56H,7-52H2,1-6H3/t55?,56-/m1/s1. The number of esters is 3. The van der Waals surface area contributed by atoms with Gasteiger partial charge in [-0.05, 0) is 37.0 Å². The van der Waals surface area contributed by atoms with E-state index in [0.29, 0.717) is 19.3 Å². The maximum absolute atomic E-state index is 12.8. The van der Waals surface area contributed by atoms with Gasteiger partial charge in [0.1, 0.15) is 13.2 Å². The lowest BCUT2D eigenvalue weighted by Crippen LogP contribution is -2.30. The molecule has 0 bridgehead atoms. The largest absolute Gasteiger partial charge is 0.462 e. The van der Waals surface area contributed by atoms with E-state index < -0.39 is 6.10 Å². The molecule has 0 fully saturated rings. The average molecular weight is 920 g/mol. The van der Waals surface area contributed by atoms with Crippen LogP contribution in [-0.2, 0) is 28.6 Å². The number of rotatable bonds is 52. The monoisotopic (exact) mass is 919 g/mol. The highest BCUT2D eigenvalue weighted by molar-refractivity contribution is 5.71. The maximum Gasteiger partial charge on any atom is 0.306 e. The molecule has 65 heavy (non-hydrogen) atoms. The van der Waals surface area contributed by atoms with Crippen LogP contribution < -0.4 is 0 Å². The Hall–Kier alpha value is -1.59. The first-order valence-electron chi connectivity index (χ1n) is 29.1. The summed E-state index contributed by atoms with van der Waals surface area (Å²) < 4.78 is 16.9. The molecule has 2 atom stereocenters. The minimum absolute atomic E-state index is 0.0635. The smallest absolute Gasteiger partial charge is 0.306 e. The zero-order chi connectivity index (χ0) is 47.7. The molecular weight excluding hydrogens is 805 g/mol. The molecule has 0 rings (SSSR count). The van der Waals surface area contributed by atoms with E-state index in [1.54, 1.807) is 0 Å². The summed E-state index contributed by atoms with van der Waals surface area (Å²) in [7, 11) is 0. The van der Waals surface area contributed by atoms with Crippen LogP contribution in [0.15, 0.2) is 0 Å². The lowest BCUT2D eigenvalue weighted by atomic mass is 9.99. The van der Waals surface area contributed by atoms with Crippen molar-refractivity contribution in [1.82, 2.24) is 0 Å². The Morgan fingerprint density at radius 1 is 0.308 bits per heavy atom. The van der Waals surface area contributed by atoms with Crippen LogP contribution in [0.5, 0.6) is 0 Å². The fraction of sp³-hybridized carbons (Fsp3) is 0.949. The highest BCUT2D eigenvalue weighted by Crippen LogP contribution is 2.19. The number of carbonyl (C=O) groups excluding carboxylic acids is 3. The summed E-state index contributed by atoms with van der Waals surface area (Å²) in [6.45, 7) is 13.8. The second-order valence-electron chi connectivity index (χ2n) is 21.5. The Morgan fingerprint density at radius 3 is 0.800 bits per heavy atom. The molecule has 386 valence electrons. The summed E-state index contributed by atoms with van der Waals surface area (Å²) in [5.41, 5.74) is 0. The minimum atomic E-state index is -0.764. The van der Waals surface area contributed by atoms with E-state index >= 15 is 0 Å². The molecule has 0 N–H and O–H groups in total. The second kappa shape index (κ2) is 50.3. The van der Waals surface area contributed by atoms with Crippen molar-refractivity contribution in [1.29, 1.82) is 0 Å². The Labute approximate surface area is 406 Å². The van der Waals surface area contributed by atoms with Crippen LogP contribution >= 0.6 is 0 Å². The second-order valence-corrected chi connectivity index (χ2v) is 21.5. The van der Waals surface area contributed by atoms with Crippen LogP contribution in [0.2, 0.25) is 0 Å². The van der Waals surface area contributed by atoms with E-state index in [9.17, 15) is 14.4 Å². The molecule has 0 aromatic carbocycles. The number of hydrogen-bond acceptors (Lipinski definition) is 6. The van der Waals surface area contributed by atoms with Gasteiger partial charge in [-0.3, -0.25) is 14.4 Å². The number of carbonyl (C=O) groups is 3. The van der Waals surface area contributed by atoms with Gasteiger partial charge in [0.25, 0.3) is 0 Å². The normalized spacial score (nSPS) is 12.6. The number of ether oxygens (including phenoxy) is 3. The molecule has 0 aliphatic rings. The molecule has 0 aromatic rings. The molecule has 0 heterocycles. The van der Waals surface area contributed by atoms with Crippen molar-refractivity contribution in [3.05, 3.63) is 0 Å². The van der Waals surface area contributed by atoms with Gasteiger partial charge in [-0.1, -0.05) is 286 Å². The zero-order valence-corrected chi connectivity index (χ0v) is 44.8. The summed E-state index contributed by atoms with van der Waals surface area (Å²) in [5.74, 6) is 1.71. The fourth-order valence-electron chi connectivity index (χ4n) is 8.97. The van der Waals surface area contributed by atoms with Crippen LogP contribution in [0.4, 0.5) is 0 Å². The number of hydrogen-bond donors (Lipinski definition) is 0. The van der Waals surface area contributed by atoms with Crippen molar-refractivity contribution < 1.29 is 28.6 Å². The van der Waals surface area contributed by atoms with Gasteiger partial charge in [-0.25, -0.2) is 0 Å². The van der Waals surface area contributed by atoms with Gasteiger partial charge in [0.15, 0.2) is 6.10 Å². The first-order chi connectivity index (χ1) is 31.6. The van der Waals surface area contributed by atoms with E-state index in [2.05, 4.69) is 41.5 Å². The van der Waals surface area contributed by atoms with Crippen LogP contribution in [0, 0.1) is 17.8 Å². The summed E-state index contributed by atoms with van der Waals surface area (Å²) in [6, 6.07) is 0. The fourth-order valence-corrected chi connectivity index (χ4v) is 8.97. The van der Waals surface area contributed by atoms with Crippen molar-refractivity contribution in [2.75, 3.05) is 13.2 Å². The quantitative estimate of drug-likeness (QED) is 0.0344. The summed E-state index contributed by atoms with van der Waals surface area (Å²) >= 11 is 0. The van der Waals surface area contributed by atoms with Gasteiger partial charge in [0.2, 0.25) is 0 Å². The van der Waals surface area contributed by atoms with Gasteiger partial charge < -0.3 is 14.2 Å². The Balaban J connectivity index is 4.30. The molecule has 0 aliphatic heterocycles. The van der Waals surface area contributed by atoms with Crippen molar-refractivity contribution in [3.63, 3.8) is 0 Å². The molecule has 0 aliphatic carbocycles. The minimum Gasteiger partial charge on any atom is -0.462 e. The molecule has 0 amide bonds. The summed E-state index contributed by atoms with van der Waals surface area (Å²) in [6.07, 6.45) is 52.3. The van der Waals surface area contributed by atoms with Gasteiger partial charge in [0, 0.05) is 19.3 Å². The lowest BCUT2D eigenvalue weighted by molar-refractivity contribution is -0.167. The van der Waals surface area contributed by atoms with Gasteiger partial charge in [0.05, 0.1) is 0 Å². The van der Waals surface area contributed by atoms with Gasteiger partial charge in [-0.2, -0.15) is 0 Å². The van der Waals surface area contributed by atoms with E-state index in [1.165, 1.54) is 205 Å². The molecule has 0 spiro atoms. The summed E-state index contributed by atoms with van der Waals surface area (Å²) in [4.78, 5) is 38.2.